The number of benzene rings is 1. The van der Waals surface area contributed by atoms with Crippen molar-refractivity contribution >= 4 is 15.9 Å². The average molecular weight is 365 g/mol. The Morgan fingerprint density at radius 2 is 1.80 bits per heavy atom. The van der Waals surface area contributed by atoms with Gasteiger partial charge in [-0.2, -0.15) is 4.31 Å². The minimum Gasteiger partial charge on any atom is -0.345 e. The predicted octanol–water partition coefficient (Wildman–Crippen LogP) is 2.74. The van der Waals surface area contributed by atoms with Crippen molar-refractivity contribution in [1.29, 1.82) is 0 Å². The lowest BCUT2D eigenvalue weighted by atomic mass is 9.97. The summed E-state index contributed by atoms with van der Waals surface area (Å²) in [6.07, 6.45) is 6.44. The number of hydrogen-bond donors (Lipinski definition) is 0. The summed E-state index contributed by atoms with van der Waals surface area (Å²) in [5.74, 6) is 0.486. The van der Waals surface area contributed by atoms with Crippen LogP contribution in [0.2, 0.25) is 0 Å². The third-order valence-electron chi connectivity index (χ3n) is 5.50. The Bertz CT molecular complexity index is 684. The first-order valence-electron chi connectivity index (χ1n) is 9.28. The van der Waals surface area contributed by atoms with Gasteiger partial charge < -0.3 is 4.90 Å². The zero-order valence-corrected chi connectivity index (χ0v) is 15.7. The Morgan fingerprint density at radius 1 is 1.12 bits per heavy atom. The van der Waals surface area contributed by atoms with Crippen LogP contribution in [0.3, 0.4) is 0 Å². The van der Waals surface area contributed by atoms with Crippen molar-refractivity contribution in [3.8, 4) is 0 Å². The Morgan fingerprint density at radius 3 is 2.48 bits per heavy atom. The van der Waals surface area contributed by atoms with E-state index in [9.17, 15) is 13.2 Å². The molecule has 5 nitrogen and oxygen atoms in total. The number of carbonyl (C=O) groups excluding carboxylic acids is 1. The van der Waals surface area contributed by atoms with E-state index in [-0.39, 0.29) is 11.8 Å². The molecule has 1 atom stereocenters. The molecule has 2 aliphatic rings. The van der Waals surface area contributed by atoms with Crippen molar-refractivity contribution in [2.24, 2.45) is 11.8 Å². The fourth-order valence-corrected chi connectivity index (χ4v) is 5.63. The van der Waals surface area contributed by atoms with E-state index in [0.29, 0.717) is 23.9 Å². The number of nitrogens with zero attached hydrogens (tertiary/aromatic N) is 2. The first-order valence-corrected chi connectivity index (χ1v) is 10.7. The van der Waals surface area contributed by atoms with Crippen molar-refractivity contribution in [1.82, 2.24) is 9.21 Å². The van der Waals surface area contributed by atoms with Crippen molar-refractivity contribution < 1.29 is 13.2 Å². The molecule has 6 heteroatoms. The largest absolute Gasteiger partial charge is 0.345 e. The average Bonchev–Trinajstić information content (AvgIpc) is 3.15. The molecule has 0 N–H and O–H groups in total. The number of sulfonamides is 1. The fraction of sp³-hybridized carbons (Fsp3) is 0.632. The molecule has 0 radical (unpaired) electrons. The normalized spacial score (nSPS) is 22.8. The van der Waals surface area contributed by atoms with Crippen LogP contribution < -0.4 is 0 Å². The van der Waals surface area contributed by atoms with E-state index in [1.807, 2.05) is 11.9 Å². The van der Waals surface area contributed by atoms with E-state index in [1.165, 1.54) is 30.0 Å². The first kappa shape index (κ1) is 18.4. The van der Waals surface area contributed by atoms with Crippen LogP contribution in [0, 0.1) is 11.8 Å². The number of piperidine rings is 1. The topological polar surface area (TPSA) is 57.7 Å². The molecule has 1 aliphatic carbocycles. The van der Waals surface area contributed by atoms with Gasteiger partial charge >= 0.3 is 0 Å². The number of hydrogen-bond acceptors (Lipinski definition) is 3. The van der Waals surface area contributed by atoms with Gasteiger partial charge in [0, 0.05) is 26.7 Å². The minimum absolute atomic E-state index is 0.0971. The summed E-state index contributed by atoms with van der Waals surface area (Å²) in [5.41, 5.74) is 0. The molecule has 25 heavy (non-hydrogen) atoms. The van der Waals surface area contributed by atoms with Gasteiger partial charge in [-0.1, -0.05) is 31.0 Å². The van der Waals surface area contributed by atoms with Crippen molar-refractivity contribution in [2.45, 2.75) is 43.4 Å². The molecule has 138 valence electrons. The second-order valence-electron chi connectivity index (χ2n) is 7.38. The Labute approximate surface area is 151 Å². The third-order valence-corrected chi connectivity index (χ3v) is 7.38. The summed E-state index contributed by atoms with van der Waals surface area (Å²) >= 11 is 0. The third kappa shape index (κ3) is 4.23. The molecule has 1 unspecified atom stereocenters. The summed E-state index contributed by atoms with van der Waals surface area (Å²) in [6, 6.07) is 8.50. The molecule has 0 aromatic heterocycles. The standard InChI is InChI=1S/C19H28N2O3S/c1-20(14-16-8-5-6-9-16)19(22)17-10-7-13-21(15-17)25(23,24)18-11-3-2-4-12-18/h2-4,11-12,16-17H,5-10,13-15H2,1H3. The van der Waals surface area contributed by atoms with Gasteiger partial charge in [0.15, 0.2) is 0 Å². The molecule has 1 heterocycles. The van der Waals surface area contributed by atoms with Crippen LogP contribution in [0.4, 0.5) is 0 Å². The molecule has 0 bridgehead atoms. The second-order valence-corrected chi connectivity index (χ2v) is 9.32. The van der Waals surface area contributed by atoms with Gasteiger partial charge in [-0.25, -0.2) is 8.42 Å². The highest BCUT2D eigenvalue weighted by Crippen LogP contribution is 2.28. The van der Waals surface area contributed by atoms with Crippen LogP contribution >= 0.6 is 0 Å². The first-order chi connectivity index (χ1) is 12.0. The summed E-state index contributed by atoms with van der Waals surface area (Å²) in [5, 5.41) is 0. The van der Waals surface area contributed by atoms with Crippen LogP contribution in [0.15, 0.2) is 35.2 Å². The van der Waals surface area contributed by atoms with Gasteiger partial charge in [0.25, 0.3) is 0 Å². The highest BCUT2D eigenvalue weighted by Gasteiger charge is 2.34. The molecule has 2 fully saturated rings. The smallest absolute Gasteiger partial charge is 0.243 e. The van der Waals surface area contributed by atoms with Crippen molar-refractivity contribution in [3.05, 3.63) is 30.3 Å². The van der Waals surface area contributed by atoms with Crippen LogP contribution in [0.1, 0.15) is 38.5 Å². The molecule has 3 rings (SSSR count). The number of rotatable bonds is 5. The summed E-state index contributed by atoms with van der Waals surface area (Å²) < 4.78 is 27.1. The van der Waals surface area contributed by atoms with Crippen LogP contribution in [-0.4, -0.2) is 50.2 Å². The molecule has 1 aromatic carbocycles. The van der Waals surface area contributed by atoms with E-state index in [2.05, 4.69) is 0 Å². The van der Waals surface area contributed by atoms with Crippen LogP contribution in [-0.2, 0) is 14.8 Å². The second kappa shape index (κ2) is 7.87. The van der Waals surface area contributed by atoms with E-state index in [1.54, 1.807) is 30.3 Å². The van der Waals surface area contributed by atoms with Gasteiger partial charge in [-0.3, -0.25) is 4.79 Å². The summed E-state index contributed by atoms with van der Waals surface area (Å²) in [4.78, 5) is 14.9. The quantitative estimate of drug-likeness (QED) is 0.807. The van der Waals surface area contributed by atoms with Gasteiger partial charge in [0.05, 0.1) is 10.8 Å². The minimum atomic E-state index is -3.51. The van der Waals surface area contributed by atoms with Gasteiger partial charge in [0.1, 0.15) is 0 Å². The van der Waals surface area contributed by atoms with Crippen molar-refractivity contribution in [2.75, 3.05) is 26.7 Å². The molecule has 1 aromatic rings. The number of amides is 1. The molecule has 1 amide bonds. The molecule has 1 aliphatic heterocycles. The molecule has 1 saturated heterocycles. The maximum Gasteiger partial charge on any atom is 0.243 e. The lowest BCUT2D eigenvalue weighted by Crippen LogP contribution is -2.46. The molecular formula is C19H28N2O3S. The highest BCUT2D eigenvalue weighted by atomic mass is 32.2. The lowest BCUT2D eigenvalue weighted by molar-refractivity contribution is -0.135. The van der Waals surface area contributed by atoms with E-state index in [0.717, 1.165) is 19.4 Å². The van der Waals surface area contributed by atoms with Crippen molar-refractivity contribution in [3.63, 3.8) is 0 Å². The SMILES string of the molecule is CN(CC1CCCC1)C(=O)C1CCCN(S(=O)(=O)c2ccccc2)C1. The van der Waals surface area contributed by atoms with Crippen LogP contribution in [0.25, 0.3) is 0 Å². The zero-order chi connectivity index (χ0) is 17.9. The zero-order valence-electron chi connectivity index (χ0n) is 14.9. The summed E-state index contributed by atoms with van der Waals surface area (Å²) in [7, 11) is -1.65. The molecule has 1 saturated carbocycles. The van der Waals surface area contributed by atoms with E-state index in [4.69, 9.17) is 0 Å². The van der Waals surface area contributed by atoms with Gasteiger partial charge in [-0.05, 0) is 43.7 Å². The molecule has 0 spiro atoms. The Kier molecular flexibility index (Phi) is 5.79. The maximum atomic E-state index is 12.8. The maximum absolute atomic E-state index is 12.8. The summed E-state index contributed by atoms with van der Waals surface area (Å²) in [6.45, 7) is 1.60. The lowest BCUT2D eigenvalue weighted by Gasteiger charge is -2.33. The van der Waals surface area contributed by atoms with Gasteiger partial charge in [-0.15, -0.1) is 0 Å². The van der Waals surface area contributed by atoms with Crippen LogP contribution in [0.5, 0.6) is 0 Å². The number of carbonyl (C=O) groups is 1. The predicted molar refractivity (Wildman–Crippen MR) is 97.5 cm³/mol. The Hall–Kier alpha value is -1.40. The molecular weight excluding hydrogens is 336 g/mol. The van der Waals surface area contributed by atoms with E-state index < -0.39 is 10.0 Å². The monoisotopic (exact) mass is 364 g/mol. The van der Waals surface area contributed by atoms with Gasteiger partial charge in [0.2, 0.25) is 15.9 Å². The van der Waals surface area contributed by atoms with E-state index >= 15 is 0 Å². The Balaban J connectivity index is 1.65. The highest BCUT2D eigenvalue weighted by molar-refractivity contribution is 7.89. The fourth-order valence-electron chi connectivity index (χ4n) is 4.09.